The molecule has 0 spiro atoms. The van der Waals surface area contributed by atoms with E-state index in [9.17, 15) is 9.59 Å². The van der Waals surface area contributed by atoms with E-state index in [2.05, 4.69) is 17.0 Å². The van der Waals surface area contributed by atoms with Crippen LogP contribution in [0.5, 0.6) is 0 Å². The van der Waals surface area contributed by atoms with Crippen molar-refractivity contribution in [3.8, 4) is 0 Å². The molecule has 0 aromatic heterocycles. The molecule has 2 saturated heterocycles. The van der Waals surface area contributed by atoms with Crippen LogP contribution in [-0.4, -0.2) is 45.8 Å². The summed E-state index contributed by atoms with van der Waals surface area (Å²) in [6, 6.07) is 8.37. The SMILES string of the molecule is O=C(O)CCN1C(=O)C(=Cc2ccc(N3CCC4CCCCC4C3)cc2)SC1=S. The van der Waals surface area contributed by atoms with E-state index < -0.39 is 5.97 Å². The highest BCUT2D eigenvalue weighted by atomic mass is 32.2. The van der Waals surface area contributed by atoms with E-state index >= 15 is 0 Å². The van der Waals surface area contributed by atoms with Gasteiger partial charge in [0.2, 0.25) is 0 Å². The third-order valence-electron chi connectivity index (χ3n) is 6.27. The third kappa shape index (κ3) is 4.67. The summed E-state index contributed by atoms with van der Waals surface area (Å²) in [7, 11) is 0. The maximum Gasteiger partial charge on any atom is 0.305 e. The normalized spacial score (nSPS) is 26.1. The Kier molecular flexibility index (Phi) is 6.25. The maximum absolute atomic E-state index is 12.5. The first-order valence-corrected chi connectivity index (χ1v) is 11.6. The van der Waals surface area contributed by atoms with Gasteiger partial charge in [-0.05, 0) is 48.4 Å². The van der Waals surface area contributed by atoms with Crippen LogP contribution in [0.1, 0.15) is 44.1 Å². The fraction of sp³-hybridized carbons (Fsp3) is 0.500. The van der Waals surface area contributed by atoms with Gasteiger partial charge in [0, 0.05) is 25.3 Å². The Hall–Kier alpha value is -1.86. The van der Waals surface area contributed by atoms with Gasteiger partial charge in [-0.25, -0.2) is 0 Å². The Morgan fingerprint density at radius 1 is 1.17 bits per heavy atom. The van der Waals surface area contributed by atoms with Crippen molar-refractivity contribution >= 4 is 51.9 Å². The number of rotatable bonds is 5. The van der Waals surface area contributed by atoms with Gasteiger partial charge in [-0.3, -0.25) is 14.5 Å². The van der Waals surface area contributed by atoms with Crippen LogP contribution in [-0.2, 0) is 9.59 Å². The summed E-state index contributed by atoms with van der Waals surface area (Å²) in [5.74, 6) is 0.618. The van der Waals surface area contributed by atoms with E-state index in [1.165, 1.54) is 54.5 Å². The van der Waals surface area contributed by atoms with Crippen molar-refractivity contribution in [2.45, 2.75) is 38.5 Å². The summed E-state index contributed by atoms with van der Waals surface area (Å²) in [6.07, 6.45) is 8.58. The molecular weight excluding hydrogens is 404 g/mol. The second-order valence-corrected chi connectivity index (χ2v) is 9.78. The molecular formula is C22H26N2O3S2. The minimum absolute atomic E-state index is 0.105. The molecule has 4 rings (SSSR count). The summed E-state index contributed by atoms with van der Waals surface area (Å²) in [5, 5.41) is 8.84. The van der Waals surface area contributed by atoms with Crippen molar-refractivity contribution in [3.63, 3.8) is 0 Å². The number of thiocarbonyl (C=S) groups is 1. The Balaban J connectivity index is 1.41. The first-order chi connectivity index (χ1) is 14.0. The minimum atomic E-state index is -0.934. The quantitative estimate of drug-likeness (QED) is 0.553. The summed E-state index contributed by atoms with van der Waals surface area (Å²) in [6.45, 7) is 2.41. The van der Waals surface area contributed by atoms with E-state index in [1.807, 2.05) is 18.2 Å². The summed E-state index contributed by atoms with van der Waals surface area (Å²) < 4.78 is 0.425. The zero-order valence-electron chi connectivity index (χ0n) is 16.4. The standard InChI is InChI=1S/C22H26N2O3S2/c25-20(26)10-12-24-21(27)19(29-22(24)28)13-15-5-7-18(8-6-15)23-11-9-16-3-1-2-4-17(16)14-23/h5-8,13,16-17H,1-4,9-12,14H2,(H,25,26). The molecule has 2 unspecified atom stereocenters. The van der Waals surface area contributed by atoms with E-state index in [4.69, 9.17) is 17.3 Å². The average Bonchev–Trinajstić information content (AvgIpc) is 2.99. The van der Waals surface area contributed by atoms with Gasteiger partial charge in [-0.15, -0.1) is 0 Å². The molecule has 1 aromatic rings. The zero-order valence-corrected chi connectivity index (χ0v) is 18.0. The highest BCUT2D eigenvalue weighted by molar-refractivity contribution is 8.26. The van der Waals surface area contributed by atoms with E-state index in [0.717, 1.165) is 30.5 Å². The number of amides is 1. The first kappa shape index (κ1) is 20.4. The van der Waals surface area contributed by atoms with Crippen LogP contribution in [0.2, 0.25) is 0 Å². The molecule has 2 heterocycles. The second-order valence-electron chi connectivity index (χ2n) is 8.11. The van der Waals surface area contributed by atoms with Gasteiger partial charge in [0.25, 0.3) is 5.91 Å². The lowest BCUT2D eigenvalue weighted by Crippen LogP contribution is -2.41. The average molecular weight is 431 g/mol. The number of hydrogen-bond acceptors (Lipinski definition) is 5. The predicted octanol–water partition coefficient (Wildman–Crippen LogP) is 4.38. The molecule has 1 aliphatic carbocycles. The Bertz CT molecular complexity index is 837. The molecule has 7 heteroatoms. The molecule has 1 saturated carbocycles. The fourth-order valence-electron chi connectivity index (χ4n) is 4.67. The number of piperidine rings is 1. The number of carbonyl (C=O) groups excluding carboxylic acids is 1. The van der Waals surface area contributed by atoms with Gasteiger partial charge in [-0.1, -0.05) is 55.4 Å². The number of carbonyl (C=O) groups is 2. The molecule has 2 atom stereocenters. The van der Waals surface area contributed by atoms with Crippen molar-refractivity contribution in [2.24, 2.45) is 11.8 Å². The topological polar surface area (TPSA) is 60.9 Å². The Morgan fingerprint density at radius 2 is 1.90 bits per heavy atom. The van der Waals surface area contributed by atoms with Gasteiger partial charge in [0.15, 0.2) is 0 Å². The number of anilines is 1. The number of nitrogens with zero attached hydrogens (tertiary/aromatic N) is 2. The molecule has 5 nitrogen and oxygen atoms in total. The number of carboxylic acid groups (broad SMARTS) is 1. The summed E-state index contributed by atoms with van der Waals surface area (Å²) in [5.41, 5.74) is 2.21. The Morgan fingerprint density at radius 3 is 2.62 bits per heavy atom. The van der Waals surface area contributed by atoms with Crippen LogP contribution in [0.4, 0.5) is 5.69 Å². The van der Waals surface area contributed by atoms with Gasteiger partial charge < -0.3 is 10.0 Å². The summed E-state index contributed by atoms with van der Waals surface area (Å²) in [4.78, 5) is 27.7. The monoisotopic (exact) mass is 430 g/mol. The van der Waals surface area contributed by atoms with Crippen LogP contribution in [0.3, 0.4) is 0 Å². The van der Waals surface area contributed by atoms with Crippen LogP contribution in [0, 0.1) is 11.8 Å². The summed E-state index contributed by atoms with van der Waals surface area (Å²) >= 11 is 6.48. The highest BCUT2D eigenvalue weighted by Crippen LogP contribution is 2.38. The number of fused-ring (bicyclic) bond motifs is 1. The number of thioether (sulfide) groups is 1. The highest BCUT2D eigenvalue weighted by Gasteiger charge is 2.32. The molecule has 1 amide bonds. The molecule has 1 N–H and O–H groups in total. The van der Waals surface area contributed by atoms with Gasteiger partial charge in [0.05, 0.1) is 11.3 Å². The molecule has 29 heavy (non-hydrogen) atoms. The fourth-order valence-corrected chi connectivity index (χ4v) is 5.98. The van der Waals surface area contributed by atoms with Gasteiger partial charge in [-0.2, -0.15) is 0 Å². The molecule has 0 radical (unpaired) electrons. The molecule has 3 aliphatic rings. The first-order valence-electron chi connectivity index (χ1n) is 10.3. The maximum atomic E-state index is 12.5. The lowest BCUT2D eigenvalue weighted by Gasteiger charge is -2.42. The predicted molar refractivity (Wildman–Crippen MR) is 121 cm³/mol. The van der Waals surface area contributed by atoms with E-state index in [1.54, 1.807) is 0 Å². The van der Waals surface area contributed by atoms with Crippen molar-refractivity contribution in [2.75, 3.05) is 24.5 Å². The van der Waals surface area contributed by atoms with Crippen LogP contribution < -0.4 is 4.90 Å². The molecule has 154 valence electrons. The van der Waals surface area contributed by atoms with Crippen LogP contribution >= 0.6 is 24.0 Å². The van der Waals surface area contributed by atoms with Gasteiger partial charge in [0.1, 0.15) is 4.32 Å². The van der Waals surface area contributed by atoms with E-state index in [-0.39, 0.29) is 18.9 Å². The second kappa shape index (κ2) is 8.88. The van der Waals surface area contributed by atoms with Crippen molar-refractivity contribution in [3.05, 3.63) is 34.7 Å². The zero-order chi connectivity index (χ0) is 20.4. The lowest BCUT2D eigenvalue weighted by atomic mass is 9.75. The Labute approximate surface area is 181 Å². The largest absolute Gasteiger partial charge is 0.481 e. The molecule has 3 fully saturated rings. The molecule has 1 aromatic carbocycles. The number of benzene rings is 1. The number of carboxylic acids is 1. The van der Waals surface area contributed by atoms with Gasteiger partial charge >= 0.3 is 5.97 Å². The third-order valence-corrected chi connectivity index (χ3v) is 7.65. The number of hydrogen-bond donors (Lipinski definition) is 1. The molecule has 0 bridgehead atoms. The van der Waals surface area contributed by atoms with E-state index in [0.29, 0.717) is 9.23 Å². The van der Waals surface area contributed by atoms with Crippen LogP contribution in [0.15, 0.2) is 29.2 Å². The van der Waals surface area contributed by atoms with Crippen LogP contribution in [0.25, 0.3) is 6.08 Å². The van der Waals surface area contributed by atoms with Crippen molar-refractivity contribution < 1.29 is 14.7 Å². The van der Waals surface area contributed by atoms with Crippen molar-refractivity contribution in [1.29, 1.82) is 0 Å². The molecule has 2 aliphatic heterocycles. The number of aliphatic carboxylic acids is 1. The van der Waals surface area contributed by atoms with Crippen molar-refractivity contribution in [1.82, 2.24) is 4.90 Å². The smallest absolute Gasteiger partial charge is 0.305 e. The lowest BCUT2D eigenvalue weighted by molar-refractivity contribution is -0.137. The minimum Gasteiger partial charge on any atom is -0.481 e.